The van der Waals surface area contributed by atoms with Crippen LogP contribution >= 0.6 is 22.7 Å². The molecule has 9 heteroatoms. The number of hydrogen-bond acceptors (Lipinski definition) is 6. The first kappa shape index (κ1) is 20.0. The maximum Gasteiger partial charge on any atom is 0.241 e. The van der Waals surface area contributed by atoms with Crippen molar-refractivity contribution in [2.75, 3.05) is 6.61 Å². The highest BCUT2D eigenvalue weighted by Crippen LogP contribution is 2.30. The van der Waals surface area contributed by atoms with Crippen LogP contribution in [0.2, 0.25) is 0 Å². The van der Waals surface area contributed by atoms with E-state index in [1.54, 1.807) is 19.1 Å². The Morgan fingerprint density at radius 2 is 2.07 bits per heavy atom. The van der Waals surface area contributed by atoms with E-state index in [0.717, 1.165) is 21.4 Å². The summed E-state index contributed by atoms with van der Waals surface area (Å²) < 4.78 is 46.2. The molecule has 0 aliphatic rings. The number of ether oxygens (including phenoxy) is 1. The SMILES string of the molecule is CCOc1ccc(S(=O)(=O)NCc2ccc(C(O)c3ccsc3)s2)cc1F. The van der Waals surface area contributed by atoms with E-state index in [9.17, 15) is 17.9 Å². The van der Waals surface area contributed by atoms with Gasteiger partial charge in [-0.1, -0.05) is 0 Å². The first-order chi connectivity index (χ1) is 12.9. The third kappa shape index (κ3) is 4.74. The largest absolute Gasteiger partial charge is 0.491 e. The van der Waals surface area contributed by atoms with E-state index in [-0.39, 0.29) is 17.2 Å². The van der Waals surface area contributed by atoms with Crippen molar-refractivity contribution in [3.8, 4) is 5.75 Å². The molecule has 2 N–H and O–H groups in total. The van der Waals surface area contributed by atoms with Crippen LogP contribution in [0, 0.1) is 5.82 Å². The molecule has 1 aromatic carbocycles. The van der Waals surface area contributed by atoms with Crippen molar-refractivity contribution in [1.29, 1.82) is 0 Å². The van der Waals surface area contributed by atoms with Gasteiger partial charge in [0.05, 0.1) is 11.5 Å². The molecule has 3 aromatic rings. The standard InChI is InChI=1S/C18H18FNO4S3/c1-2-24-16-5-4-14(9-15(16)19)27(22,23)20-10-13-3-6-17(26-13)18(21)12-7-8-25-11-12/h3-9,11,18,20-21H,2,10H2,1H3. The van der Waals surface area contributed by atoms with Gasteiger partial charge in [-0.15, -0.1) is 11.3 Å². The van der Waals surface area contributed by atoms with Gasteiger partial charge in [-0.2, -0.15) is 11.3 Å². The number of aliphatic hydroxyl groups is 1. The topological polar surface area (TPSA) is 75.6 Å². The minimum Gasteiger partial charge on any atom is -0.491 e. The van der Waals surface area contributed by atoms with Crippen LogP contribution in [0.5, 0.6) is 5.75 Å². The van der Waals surface area contributed by atoms with Gasteiger partial charge in [0.15, 0.2) is 11.6 Å². The van der Waals surface area contributed by atoms with E-state index in [2.05, 4.69) is 4.72 Å². The van der Waals surface area contributed by atoms with Gasteiger partial charge < -0.3 is 9.84 Å². The second-order valence-electron chi connectivity index (χ2n) is 5.61. The van der Waals surface area contributed by atoms with E-state index in [1.807, 2.05) is 16.8 Å². The molecule has 0 aliphatic carbocycles. The molecular formula is C18H18FNO4S3. The monoisotopic (exact) mass is 427 g/mol. The molecule has 0 bridgehead atoms. The Bertz CT molecular complexity index is 1000. The Morgan fingerprint density at radius 3 is 2.74 bits per heavy atom. The van der Waals surface area contributed by atoms with Gasteiger partial charge in [0.1, 0.15) is 6.10 Å². The van der Waals surface area contributed by atoms with Crippen molar-refractivity contribution in [2.45, 2.75) is 24.5 Å². The second-order valence-corrected chi connectivity index (χ2v) is 9.36. The maximum absolute atomic E-state index is 13.9. The van der Waals surface area contributed by atoms with Crippen molar-refractivity contribution in [3.63, 3.8) is 0 Å². The number of aliphatic hydroxyl groups excluding tert-OH is 1. The molecule has 0 aliphatic heterocycles. The predicted octanol–water partition coefficient (Wildman–Crippen LogP) is 3.91. The van der Waals surface area contributed by atoms with E-state index < -0.39 is 21.9 Å². The molecular weight excluding hydrogens is 409 g/mol. The number of hydrogen-bond donors (Lipinski definition) is 2. The van der Waals surface area contributed by atoms with Crippen LogP contribution in [0.3, 0.4) is 0 Å². The van der Waals surface area contributed by atoms with Crippen molar-refractivity contribution < 1.29 is 22.7 Å². The zero-order valence-electron chi connectivity index (χ0n) is 14.4. The number of halogens is 1. The molecule has 0 radical (unpaired) electrons. The summed E-state index contributed by atoms with van der Waals surface area (Å²) in [6, 6.07) is 8.92. The smallest absolute Gasteiger partial charge is 0.241 e. The Balaban J connectivity index is 1.68. The highest BCUT2D eigenvalue weighted by molar-refractivity contribution is 7.89. The van der Waals surface area contributed by atoms with Gasteiger partial charge in [0, 0.05) is 16.3 Å². The van der Waals surface area contributed by atoms with Gasteiger partial charge in [0.2, 0.25) is 10.0 Å². The molecule has 0 fully saturated rings. The number of thiophene rings is 2. The van der Waals surface area contributed by atoms with Crippen LogP contribution in [0.25, 0.3) is 0 Å². The second kappa shape index (κ2) is 8.49. The third-order valence-corrected chi connectivity index (χ3v) is 7.00. The zero-order chi connectivity index (χ0) is 19.4. The number of benzene rings is 1. The predicted molar refractivity (Wildman–Crippen MR) is 104 cm³/mol. The molecule has 0 saturated heterocycles. The molecule has 2 heterocycles. The number of sulfonamides is 1. The van der Waals surface area contributed by atoms with Gasteiger partial charge in [-0.25, -0.2) is 17.5 Å². The first-order valence-electron chi connectivity index (χ1n) is 8.11. The molecule has 1 unspecified atom stereocenters. The van der Waals surface area contributed by atoms with Crippen molar-refractivity contribution in [2.24, 2.45) is 0 Å². The fourth-order valence-corrected chi connectivity index (χ4v) is 5.16. The van der Waals surface area contributed by atoms with Crippen LogP contribution in [-0.4, -0.2) is 20.1 Å². The maximum atomic E-state index is 13.9. The highest BCUT2D eigenvalue weighted by Gasteiger charge is 2.18. The van der Waals surface area contributed by atoms with E-state index in [1.165, 1.54) is 34.8 Å². The quantitative estimate of drug-likeness (QED) is 0.572. The summed E-state index contributed by atoms with van der Waals surface area (Å²) in [5, 5.41) is 14.1. The summed E-state index contributed by atoms with van der Waals surface area (Å²) in [4.78, 5) is 1.31. The van der Waals surface area contributed by atoms with Crippen LogP contribution in [-0.2, 0) is 16.6 Å². The molecule has 3 rings (SSSR count). The summed E-state index contributed by atoms with van der Waals surface area (Å²) in [6.07, 6.45) is -0.730. The lowest BCUT2D eigenvalue weighted by Crippen LogP contribution is -2.23. The fourth-order valence-electron chi connectivity index (χ4n) is 2.40. The number of rotatable bonds is 8. The lowest BCUT2D eigenvalue weighted by molar-refractivity contribution is 0.224. The Hall–Kier alpha value is -1.78. The summed E-state index contributed by atoms with van der Waals surface area (Å²) in [5.41, 5.74) is 0.804. The lowest BCUT2D eigenvalue weighted by atomic mass is 10.2. The molecule has 0 spiro atoms. The van der Waals surface area contributed by atoms with E-state index in [0.29, 0.717) is 6.61 Å². The minimum absolute atomic E-state index is 0.0155. The van der Waals surface area contributed by atoms with Crippen LogP contribution in [0.1, 0.15) is 28.3 Å². The normalized spacial score (nSPS) is 12.9. The van der Waals surface area contributed by atoms with Crippen molar-refractivity contribution >= 4 is 32.7 Å². The molecule has 0 amide bonds. The van der Waals surface area contributed by atoms with E-state index in [4.69, 9.17) is 4.74 Å². The Kier molecular flexibility index (Phi) is 6.28. The molecule has 0 saturated carbocycles. The van der Waals surface area contributed by atoms with Gasteiger partial charge >= 0.3 is 0 Å². The number of nitrogens with one attached hydrogen (secondary N) is 1. The Morgan fingerprint density at radius 1 is 1.26 bits per heavy atom. The van der Waals surface area contributed by atoms with Gasteiger partial charge in [0.25, 0.3) is 0 Å². The lowest BCUT2D eigenvalue weighted by Gasteiger charge is -2.09. The van der Waals surface area contributed by atoms with Crippen molar-refractivity contribution in [1.82, 2.24) is 4.72 Å². The summed E-state index contributed by atoms with van der Waals surface area (Å²) in [7, 11) is -3.87. The third-order valence-electron chi connectivity index (χ3n) is 3.76. The summed E-state index contributed by atoms with van der Waals surface area (Å²) in [6.45, 7) is 2.06. The zero-order valence-corrected chi connectivity index (χ0v) is 16.8. The summed E-state index contributed by atoms with van der Waals surface area (Å²) in [5.74, 6) is -0.709. The van der Waals surface area contributed by atoms with Gasteiger partial charge in [-0.05, 0) is 59.6 Å². The summed E-state index contributed by atoms with van der Waals surface area (Å²) >= 11 is 2.82. The minimum atomic E-state index is -3.87. The van der Waals surface area contributed by atoms with E-state index >= 15 is 0 Å². The fraction of sp³-hybridized carbons (Fsp3) is 0.222. The molecule has 1 atom stereocenters. The molecule has 2 aromatic heterocycles. The average molecular weight is 428 g/mol. The average Bonchev–Trinajstić information content (AvgIpc) is 3.33. The molecule has 5 nitrogen and oxygen atoms in total. The van der Waals surface area contributed by atoms with Gasteiger partial charge in [-0.3, -0.25) is 0 Å². The highest BCUT2D eigenvalue weighted by atomic mass is 32.2. The Labute approximate surface area is 165 Å². The van der Waals surface area contributed by atoms with Crippen molar-refractivity contribution in [3.05, 3.63) is 68.3 Å². The van der Waals surface area contributed by atoms with Crippen LogP contribution in [0.4, 0.5) is 4.39 Å². The molecule has 27 heavy (non-hydrogen) atoms. The molecule has 144 valence electrons. The first-order valence-corrected chi connectivity index (χ1v) is 11.4. The van der Waals surface area contributed by atoms with Crippen LogP contribution in [0.15, 0.2) is 52.1 Å². The van der Waals surface area contributed by atoms with Crippen LogP contribution < -0.4 is 9.46 Å².